The number of nitrogens with one attached hydrogen (secondary N) is 1. The molecule has 2 rings (SSSR count). The quantitative estimate of drug-likeness (QED) is 0.908. The van der Waals surface area contributed by atoms with Gasteiger partial charge in [0.25, 0.3) is 0 Å². The average Bonchev–Trinajstić information content (AvgIpc) is 2.89. The highest BCUT2D eigenvalue weighted by Crippen LogP contribution is 2.29. The van der Waals surface area contributed by atoms with Crippen LogP contribution in [0.3, 0.4) is 0 Å². The van der Waals surface area contributed by atoms with Crippen LogP contribution >= 0.6 is 27.3 Å². The maximum atomic E-state index is 5.85. The van der Waals surface area contributed by atoms with Gasteiger partial charge in [-0.3, -0.25) is 0 Å². The summed E-state index contributed by atoms with van der Waals surface area (Å²) in [5.41, 5.74) is 1.14. The lowest BCUT2D eigenvalue weighted by Gasteiger charge is -2.16. The lowest BCUT2D eigenvalue weighted by Crippen LogP contribution is -2.13. The molecule has 0 radical (unpaired) electrons. The lowest BCUT2D eigenvalue weighted by molar-refractivity contribution is 0.299. The zero-order valence-corrected chi connectivity index (χ0v) is 12.7. The van der Waals surface area contributed by atoms with E-state index in [0.717, 1.165) is 20.8 Å². The van der Waals surface area contributed by atoms with Crippen LogP contribution in [0.4, 0.5) is 0 Å². The fourth-order valence-corrected chi connectivity index (χ4v) is 2.51. The number of aromatic nitrogens is 1. The summed E-state index contributed by atoms with van der Waals surface area (Å²) in [5, 5.41) is 6.17. The van der Waals surface area contributed by atoms with E-state index in [9.17, 15) is 0 Å². The fraction of sp³-hybridized carbons (Fsp3) is 0.308. The van der Waals surface area contributed by atoms with E-state index in [2.05, 4.69) is 39.2 Å². The van der Waals surface area contributed by atoms with E-state index in [0.29, 0.717) is 6.61 Å². The van der Waals surface area contributed by atoms with Crippen LogP contribution in [0.15, 0.2) is 34.2 Å². The van der Waals surface area contributed by atoms with E-state index in [1.165, 1.54) is 0 Å². The molecule has 0 aliphatic heterocycles. The average molecular weight is 327 g/mol. The van der Waals surface area contributed by atoms with Crippen molar-refractivity contribution in [2.24, 2.45) is 0 Å². The molecule has 1 unspecified atom stereocenters. The predicted molar refractivity (Wildman–Crippen MR) is 78.1 cm³/mol. The third kappa shape index (κ3) is 3.31. The zero-order valence-electron chi connectivity index (χ0n) is 10.3. The Morgan fingerprint density at radius 2 is 2.33 bits per heavy atom. The summed E-state index contributed by atoms with van der Waals surface area (Å²) in [6.45, 7) is 2.63. The predicted octanol–water partition coefficient (Wildman–Crippen LogP) is 3.77. The molecule has 0 saturated carbocycles. The van der Waals surface area contributed by atoms with Crippen LogP contribution in [-0.4, -0.2) is 12.0 Å². The molecule has 0 amide bonds. The minimum Gasteiger partial charge on any atom is -0.486 e. The second kappa shape index (κ2) is 6.31. The highest BCUT2D eigenvalue weighted by atomic mass is 79.9. The monoisotopic (exact) mass is 326 g/mol. The molecule has 96 valence electrons. The van der Waals surface area contributed by atoms with Crippen LogP contribution in [0.1, 0.15) is 23.5 Å². The SMILES string of the molecule is CNC(C)c1cc(Br)ccc1OCc1nccs1. The largest absolute Gasteiger partial charge is 0.486 e. The highest BCUT2D eigenvalue weighted by molar-refractivity contribution is 9.10. The molecule has 1 N–H and O–H groups in total. The smallest absolute Gasteiger partial charge is 0.140 e. The molecule has 0 saturated heterocycles. The number of thiazole rings is 1. The maximum Gasteiger partial charge on any atom is 0.140 e. The number of benzene rings is 1. The van der Waals surface area contributed by atoms with Crippen LogP contribution in [0, 0.1) is 0 Å². The van der Waals surface area contributed by atoms with Gasteiger partial charge in [0, 0.05) is 27.7 Å². The zero-order chi connectivity index (χ0) is 13.0. The van der Waals surface area contributed by atoms with Crippen LogP contribution in [0.5, 0.6) is 5.75 Å². The van der Waals surface area contributed by atoms with Crippen molar-refractivity contribution in [1.29, 1.82) is 0 Å². The molecule has 0 fully saturated rings. The van der Waals surface area contributed by atoms with Crippen molar-refractivity contribution in [3.05, 3.63) is 44.8 Å². The molecule has 0 bridgehead atoms. The van der Waals surface area contributed by atoms with E-state index in [4.69, 9.17) is 4.74 Å². The Labute approximate surface area is 119 Å². The Bertz CT molecular complexity index is 502. The van der Waals surface area contributed by atoms with Crippen molar-refractivity contribution in [1.82, 2.24) is 10.3 Å². The van der Waals surface area contributed by atoms with Gasteiger partial charge in [-0.15, -0.1) is 11.3 Å². The van der Waals surface area contributed by atoms with Gasteiger partial charge >= 0.3 is 0 Å². The summed E-state index contributed by atoms with van der Waals surface area (Å²) in [5.74, 6) is 0.898. The molecule has 2 aromatic rings. The first-order valence-corrected chi connectivity index (χ1v) is 7.36. The summed E-state index contributed by atoms with van der Waals surface area (Å²) < 4.78 is 6.90. The molecule has 18 heavy (non-hydrogen) atoms. The van der Waals surface area contributed by atoms with Crippen molar-refractivity contribution >= 4 is 27.3 Å². The van der Waals surface area contributed by atoms with E-state index in [1.807, 2.05) is 24.6 Å². The van der Waals surface area contributed by atoms with E-state index in [-0.39, 0.29) is 6.04 Å². The first kappa shape index (κ1) is 13.5. The van der Waals surface area contributed by atoms with Gasteiger partial charge in [-0.05, 0) is 32.2 Å². The van der Waals surface area contributed by atoms with Crippen LogP contribution in [0.25, 0.3) is 0 Å². The van der Waals surface area contributed by atoms with Gasteiger partial charge in [-0.2, -0.15) is 0 Å². The Morgan fingerprint density at radius 3 is 3.00 bits per heavy atom. The van der Waals surface area contributed by atoms with E-state index in [1.54, 1.807) is 17.5 Å². The summed E-state index contributed by atoms with van der Waals surface area (Å²) >= 11 is 5.09. The van der Waals surface area contributed by atoms with Crippen molar-refractivity contribution < 1.29 is 4.74 Å². The van der Waals surface area contributed by atoms with Crippen LogP contribution in [-0.2, 0) is 6.61 Å². The first-order chi connectivity index (χ1) is 8.70. The Hall–Kier alpha value is -0.910. The third-order valence-electron chi connectivity index (χ3n) is 2.71. The van der Waals surface area contributed by atoms with Gasteiger partial charge in [0.2, 0.25) is 0 Å². The summed E-state index contributed by atoms with van der Waals surface area (Å²) in [6, 6.07) is 6.30. The topological polar surface area (TPSA) is 34.1 Å². The second-order valence-electron chi connectivity index (χ2n) is 3.91. The summed E-state index contributed by atoms with van der Waals surface area (Å²) in [6.07, 6.45) is 1.79. The molecule has 1 heterocycles. The van der Waals surface area contributed by atoms with Gasteiger partial charge < -0.3 is 10.1 Å². The number of nitrogens with zero attached hydrogens (tertiary/aromatic N) is 1. The van der Waals surface area contributed by atoms with Gasteiger partial charge in [-0.25, -0.2) is 4.98 Å². The Morgan fingerprint density at radius 1 is 1.50 bits per heavy atom. The van der Waals surface area contributed by atoms with Crippen molar-refractivity contribution in [2.45, 2.75) is 19.6 Å². The lowest BCUT2D eigenvalue weighted by atomic mass is 10.1. The molecular formula is C13H15BrN2OS. The van der Waals surface area contributed by atoms with Crippen LogP contribution < -0.4 is 10.1 Å². The Balaban J connectivity index is 2.16. The van der Waals surface area contributed by atoms with Gasteiger partial charge in [0.05, 0.1) is 0 Å². The molecule has 0 spiro atoms. The van der Waals surface area contributed by atoms with E-state index < -0.39 is 0 Å². The van der Waals surface area contributed by atoms with Crippen molar-refractivity contribution in [3.63, 3.8) is 0 Å². The first-order valence-electron chi connectivity index (χ1n) is 5.68. The second-order valence-corrected chi connectivity index (χ2v) is 5.80. The minimum absolute atomic E-state index is 0.244. The summed E-state index contributed by atoms with van der Waals surface area (Å²) in [7, 11) is 1.94. The number of hydrogen-bond acceptors (Lipinski definition) is 4. The molecule has 1 atom stereocenters. The molecule has 0 aliphatic rings. The molecular weight excluding hydrogens is 312 g/mol. The van der Waals surface area contributed by atoms with Gasteiger partial charge in [0.1, 0.15) is 17.4 Å². The molecule has 1 aromatic heterocycles. The van der Waals surface area contributed by atoms with Crippen molar-refractivity contribution in [2.75, 3.05) is 7.05 Å². The Kier molecular flexibility index (Phi) is 4.74. The highest BCUT2D eigenvalue weighted by Gasteiger charge is 2.11. The molecule has 1 aromatic carbocycles. The third-order valence-corrected chi connectivity index (χ3v) is 3.95. The van der Waals surface area contributed by atoms with Crippen LogP contribution in [0.2, 0.25) is 0 Å². The number of halogens is 1. The maximum absolute atomic E-state index is 5.85. The number of ether oxygens (including phenoxy) is 1. The number of rotatable bonds is 5. The normalized spacial score (nSPS) is 12.4. The molecule has 0 aliphatic carbocycles. The van der Waals surface area contributed by atoms with Gasteiger partial charge in [0.15, 0.2) is 0 Å². The minimum atomic E-state index is 0.244. The van der Waals surface area contributed by atoms with E-state index >= 15 is 0 Å². The number of hydrogen-bond donors (Lipinski definition) is 1. The molecule has 3 nitrogen and oxygen atoms in total. The summed E-state index contributed by atoms with van der Waals surface area (Å²) in [4.78, 5) is 4.21. The van der Waals surface area contributed by atoms with Gasteiger partial charge in [-0.1, -0.05) is 15.9 Å². The standard InChI is InChI=1S/C13H15BrN2OS/c1-9(15-2)11-7-10(14)3-4-12(11)17-8-13-16-5-6-18-13/h3-7,9,15H,8H2,1-2H3. The van der Waals surface area contributed by atoms with Crippen molar-refractivity contribution in [3.8, 4) is 5.75 Å². The molecule has 5 heteroatoms. The fourth-order valence-electron chi connectivity index (χ4n) is 1.61.